The topological polar surface area (TPSA) is 49.3 Å². The maximum Gasteiger partial charge on any atom is 0.216 e. The Balaban J connectivity index is 3.16. The molecule has 0 aromatic heterocycles. The van der Waals surface area contributed by atoms with E-state index in [4.69, 9.17) is 5.11 Å². The first kappa shape index (κ1) is 8.91. The summed E-state index contributed by atoms with van der Waals surface area (Å²) in [6.45, 7) is 1.74. The van der Waals surface area contributed by atoms with Gasteiger partial charge in [0.2, 0.25) is 5.91 Å². The Morgan fingerprint density at radius 2 is 2.44 bits per heavy atom. The monoisotopic (exact) mass is 195 g/mol. The summed E-state index contributed by atoms with van der Waals surface area (Å²) in [7, 11) is 0. The third kappa shape index (κ3) is 5.79. The second-order valence-corrected chi connectivity index (χ2v) is 2.39. The molecule has 1 unspecified atom stereocenters. The maximum atomic E-state index is 10.2. The van der Waals surface area contributed by atoms with Gasteiger partial charge >= 0.3 is 0 Å². The molecule has 0 heterocycles. The van der Waals surface area contributed by atoms with Gasteiger partial charge in [0.25, 0.3) is 0 Å². The van der Waals surface area contributed by atoms with E-state index in [9.17, 15) is 4.79 Å². The molecule has 0 rings (SSSR count). The van der Waals surface area contributed by atoms with Crippen molar-refractivity contribution in [2.45, 2.75) is 13.0 Å². The van der Waals surface area contributed by atoms with E-state index in [1.807, 2.05) is 0 Å². The molecule has 3 nitrogen and oxygen atoms in total. The number of carbonyl (C=O) groups excluding carboxylic acids is 1. The normalized spacial score (nSPS) is 12.8. The van der Waals surface area contributed by atoms with Crippen LogP contribution in [-0.4, -0.2) is 29.0 Å². The lowest BCUT2D eigenvalue weighted by Gasteiger charge is -2.05. The van der Waals surface area contributed by atoms with Crippen molar-refractivity contribution in [1.82, 2.24) is 5.32 Å². The summed E-state index contributed by atoms with van der Waals surface area (Å²) in [5.41, 5.74) is 0. The number of aliphatic hydroxyl groups excluding tert-OH is 1. The van der Waals surface area contributed by atoms with Crippen molar-refractivity contribution < 1.29 is 9.90 Å². The minimum absolute atomic E-state index is 0.116. The molecule has 0 bridgehead atoms. The van der Waals surface area contributed by atoms with Gasteiger partial charge in [-0.2, -0.15) is 0 Å². The number of alkyl halides is 1. The summed E-state index contributed by atoms with van der Waals surface area (Å²) in [5, 5.41) is 11.8. The van der Waals surface area contributed by atoms with Crippen LogP contribution in [-0.2, 0) is 4.79 Å². The van der Waals surface area contributed by atoms with Gasteiger partial charge < -0.3 is 10.4 Å². The molecule has 0 spiro atoms. The summed E-state index contributed by atoms with van der Waals surface area (Å²) in [5.74, 6) is -0.116. The van der Waals surface area contributed by atoms with E-state index in [1.165, 1.54) is 6.92 Å². The zero-order valence-electron chi connectivity index (χ0n) is 5.22. The van der Waals surface area contributed by atoms with E-state index < -0.39 is 6.10 Å². The van der Waals surface area contributed by atoms with E-state index >= 15 is 0 Å². The summed E-state index contributed by atoms with van der Waals surface area (Å²) < 4.78 is 0. The molecule has 0 aromatic rings. The molecule has 0 saturated heterocycles. The van der Waals surface area contributed by atoms with Gasteiger partial charge in [0, 0.05) is 18.8 Å². The summed E-state index contributed by atoms with van der Waals surface area (Å²) in [6, 6.07) is 0. The standard InChI is InChI=1S/C5H10BrNO2/c1-4(8)7-3-5(9)2-6/h5,9H,2-3H2,1H3,(H,7,8). The van der Waals surface area contributed by atoms with Gasteiger partial charge in [0.05, 0.1) is 6.10 Å². The summed E-state index contributed by atoms with van der Waals surface area (Å²) in [6.07, 6.45) is -0.478. The van der Waals surface area contributed by atoms with Crippen molar-refractivity contribution in [3.8, 4) is 0 Å². The van der Waals surface area contributed by atoms with E-state index in [0.29, 0.717) is 11.9 Å². The van der Waals surface area contributed by atoms with Gasteiger partial charge in [-0.25, -0.2) is 0 Å². The van der Waals surface area contributed by atoms with Crippen molar-refractivity contribution in [2.24, 2.45) is 0 Å². The van der Waals surface area contributed by atoms with Crippen LogP contribution in [0, 0.1) is 0 Å². The number of amides is 1. The number of aliphatic hydroxyl groups is 1. The Morgan fingerprint density at radius 1 is 1.89 bits per heavy atom. The molecule has 1 amide bonds. The molecule has 0 radical (unpaired) electrons. The van der Waals surface area contributed by atoms with E-state index in [-0.39, 0.29) is 5.91 Å². The Bertz CT molecular complexity index is 97.0. The van der Waals surface area contributed by atoms with Crippen LogP contribution in [0.25, 0.3) is 0 Å². The molecule has 2 N–H and O–H groups in total. The third-order valence-corrected chi connectivity index (χ3v) is 1.51. The fourth-order valence-electron chi connectivity index (χ4n) is 0.316. The van der Waals surface area contributed by atoms with Gasteiger partial charge in [0.15, 0.2) is 0 Å². The number of carbonyl (C=O) groups is 1. The van der Waals surface area contributed by atoms with Crippen LogP contribution in [0.15, 0.2) is 0 Å². The van der Waals surface area contributed by atoms with Gasteiger partial charge in [-0.3, -0.25) is 4.79 Å². The molecule has 54 valence electrons. The van der Waals surface area contributed by atoms with Gasteiger partial charge in [-0.15, -0.1) is 0 Å². The lowest BCUT2D eigenvalue weighted by Crippen LogP contribution is -2.30. The highest BCUT2D eigenvalue weighted by Crippen LogP contribution is 1.86. The van der Waals surface area contributed by atoms with Crippen LogP contribution in [0.3, 0.4) is 0 Å². The highest BCUT2D eigenvalue weighted by atomic mass is 79.9. The predicted octanol–water partition coefficient (Wildman–Crippen LogP) is -0.122. The van der Waals surface area contributed by atoms with E-state index in [2.05, 4.69) is 21.2 Å². The highest BCUT2D eigenvalue weighted by molar-refractivity contribution is 9.09. The summed E-state index contributed by atoms with van der Waals surface area (Å²) >= 11 is 3.06. The van der Waals surface area contributed by atoms with Crippen LogP contribution in [0.4, 0.5) is 0 Å². The van der Waals surface area contributed by atoms with E-state index in [1.54, 1.807) is 0 Å². The average Bonchev–Trinajstić information content (AvgIpc) is 1.83. The lowest BCUT2D eigenvalue weighted by molar-refractivity contribution is -0.119. The van der Waals surface area contributed by atoms with Crippen molar-refractivity contribution in [1.29, 1.82) is 0 Å². The van der Waals surface area contributed by atoms with Crippen LogP contribution in [0.2, 0.25) is 0 Å². The second kappa shape index (κ2) is 4.76. The molecule has 0 aliphatic carbocycles. The fraction of sp³-hybridized carbons (Fsp3) is 0.800. The zero-order chi connectivity index (χ0) is 7.28. The molecule has 0 aliphatic heterocycles. The molecule has 0 fully saturated rings. The zero-order valence-corrected chi connectivity index (χ0v) is 6.81. The van der Waals surface area contributed by atoms with Crippen LogP contribution >= 0.6 is 15.9 Å². The Hall–Kier alpha value is -0.0900. The number of rotatable bonds is 3. The van der Waals surface area contributed by atoms with Crippen molar-refractivity contribution in [2.75, 3.05) is 11.9 Å². The quantitative estimate of drug-likeness (QED) is 0.618. The molecule has 0 aromatic carbocycles. The Morgan fingerprint density at radius 3 is 2.78 bits per heavy atom. The first-order valence-electron chi connectivity index (χ1n) is 2.65. The number of halogens is 1. The molecular formula is C5H10BrNO2. The second-order valence-electron chi connectivity index (χ2n) is 1.75. The predicted molar refractivity (Wildman–Crippen MR) is 38.5 cm³/mol. The fourth-order valence-corrected chi connectivity index (χ4v) is 0.545. The smallest absolute Gasteiger partial charge is 0.216 e. The maximum absolute atomic E-state index is 10.2. The van der Waals surface area contributed by atoms with E-state index in [0.717, 1.165) is 0 Å². The van der Waals surface area contributed by atoms with Crippen molar-refractivity contribution in [3.63, 3.8) is 0 Å². The minimum atomic E-state index is -0.478. The molecule has 0 saturated carbocycles. The molecule has 9 heavy (non-hydrogen) atoms. The molecule has 1 atom stereocenters. The number of hydrogen-bond acceptors (Lipinski definition) is 2. The van der Waals surface area contributed by atoms with Gasteiger partial charge in [-0.1, -0.05) is 15.9 Å². The van der Waals surface area contributed by atoms with Crippen LogP contribution < -0.4 is 5.32 Å². The first-order valence-corrected chi connectivity index (χ1v) is 3.77. The van der Waals surface area contributed by atoms with Gasteiger partial charge in [-0.05, 0) is 0 Å². The highest BCUT2D eigenvalue weighted by Gasteiger charge is 2.00. The van der Waals surface area contributed by atoms with Gasteiger partial charge in [0.1, 0.15) is 0 Å². The summed E-state index contributed by atoms with van der Waals surface area (Å²) in [4.78, 5) is 10.2. The van der Waals surface area contributed by atoms with Crippen molar-refractivity contribution in [3.05, 3.63) is 0 Å². The van der Waals surface area contributed by atoms with Crippen LogP contribution in [0.1, 0.15) is 6.92 Å². The Kier molecular flexibility index (Phi) is 4.71. The molecule has 0 aliphatic rings. The Labute approximate surface area is 62.6 Å². The average molecular weight is 196 g/mol. The lowest BCUT2D eigenvalue weighted by atomic mass is 10.4. The van der Waals surface area contributed by atoms with Crippen molar-refractivity contribution >= 4 is 21.8 Å². The third-order valence-electron chi connectivity index (χ3n) is 0.765. The minimum Gasteiger partial charge on any atom is -0.390 e. The molecular weight excluding hydrogens is 186 g/mol. The van der Waals surface area contributed by atoms with Crippen LogP contribution in [0.5, 0.6) is 0 Å². The molecule has 4 heteroatoms. The SMILES string of the molecule is CC(=O)NCC(O)CBr. The number of hydrogen-bond donors (Lipinski definition) is 2. The number of nitrogens with one attached hydrogen (secondary N) is 1. The first-order chi connectivity index (χ1) is 4.16. The largest absolute Gasteiger partial charge is 0.390 e.